The molecule has 1 atom stereocenters. The summed E-state index contributed by atoms with van der Waals surface area (Å²) in [7, 11) is 0. The summed E-state index contributed by atoms with van der Waals surface area (Å²) < 4.78 is 0. The molecular weight excluding hydrogens is 490 g/mol. The zero-order valence-corrected chi connectivity index (χ0v) is 21.4. The number of carbonyl (C=O) groups is 2. The molecule has 2 amide bonds. The van der Waals surface area contributed by atoms with Crippen molar-refractivity contribution in [3.8, 4) is 0 Å². The van der Waals surface area contributed by atoms with Gasteiger partial charge in [-0.25, -0.2) is 5.43 Å². The number of fused-ring (bicyclic) bond motifs is 2. The second-order valence-electron chi connectivity index (χ2n) is 9.22. The minimum Gasteiger partial charge on any atom is -0.322 e. The van der Waals surface area contributed by atoms with E-state index in [0.717, 1.165) is 38.2 Å². The lowest BCUT2D eigenvalue weighted by atomic mass is 9.97. The van der Waals surface area contributed by atoms with Crippen molar-refractivity contribution in [1.29, 1.82) is 0 Å². The maximum Gasteiger partial charge on any atom is 0.271 e. The maximum atomic E-state index is 12.9. The SMILES string of the molecule is O=C(N/N=C/c1c2ccccc2cc2ccccc12)c1ccc(C2SCC(=O)N2Cc2ccccc2)cc1. The van der Waals surface area contributed by atoms with Gasteiger partial charge in [-0.15, -0.1) is 11.8 Å². The van der Waals surface area contributed by atoms with Crippen LogP contribution in [0.15, 0.2) is 114 Å². The molecule has 0 aromatic heterocycles. The van der Waals surface area contributed by atoms with Gasteiger partial charge in [0.15, 0.2) is 0 Å². The number of hydrogen-bond donors (Lipinski definition) is 1. The molecule has 38 heavy (non-hydrogen) atoms. The molecule has 1 N–H and O–H groups in total. The molecular formula is C32H25N3O2S. The average molecular weight is 516 g/mol. The summed E-state index contributed by atoms with van der Waals surface area (Å²) in [5, 5.41) is 8.64. The molecule has 6 rings (SSSR count). The summed E-state index contributed by atoms with van der Waals surface area (Å²) in [6.07, 6.45) is 1.72. The fraction of sp³-hybridized carbons (Fsp3) is 0.0938. The Bertz CT molecular complexity index is 1610. The zero-order valence-electron chi connectivity index (χ0n) is 20.6. The van der Waals surface area contributed by atoms with Crippen molar-refractivity contribution >= 4 is 51.3 Å². The molecule has 1 unspecified atom stereocenters. The van der Waals surface area contributed by atoms with Gasteiger partial charge in [0.1, 0.15) is 5.37 Å². The van der Waals surface area contributed by atoms with Gasteiger partial charge < -0.3 is 4.90 Å². The van der Waals surface area contributed by atoms with Crippen molar-refractivity contribution in [2.75, 3.05) is 5.75 Å². The van der Waals surface area contributed by atoms with E-state index in [1.807, 2.05) is 71.6 Å². The molecule has 5 aromatic rings. The third-order valence-electron chi connectivity index (χ3n) is 6.79. The molecule has 186 valence electrons. The molecule has 1 aliphatic heterocycles. The van der Waals surface area contributed by atoms with Gasteiger partial charge in [-0.2, -0.15) is 5.10 Å². The molecule has 1 fully saturated rings. The molecule has 6 heteroatoms. The number of nitrogens with zero attached hydrogens (tertiary/aromatic N) is 2. The lowest BCUT2D eigenvalue weighted by Gasteiger charge is -2.24. The molecule has 0 radical (unpaired) electrons. The smallest absolute Gasteiger partial charge is 0.271 e. The van der Waals surface area contributed by atoms with Crippen LogP contribution < -0.4 is 5.43 Å². The minimum absolute atomic E-state index is 0.0718. The van der Waals surface area contributed by atoms with Gasteiger partial charge in [-0.3, -0.25) is 9.59 Å². The topological polar surface area (TPSA) is 61.8 Å². The molecule has 0 aliphatic carbocycles. The number of rotatable bonds is 6. The van der Waals surface area contributed by atoms with Crippen LogP contribution in [0, 0.1) is 0 Å². The lowest BCUT2D eigenvalue weighted by Crippen LogP contribution is -2.27. The number of hydrogen-bond acceptors (Lipinski definition) is 4. The van der Waals surface area contributed by atoms with Gasteiger partial charge in [0, 0.05) is 17.7 Å². The van der Waals surface area contributed by atoms with E-state index in [1.165, 1.54) is 0 Å². The number of benzene rings is 5. The molecule has 5 aromatic carbocycles. The first-order valence-corrected chi connectivity index (χ1v) is 13.5. The van der Waals surface area contributed by atoms with E-state index in [0.29, 0.717) is 17.9 Å². The van der Waals surface area contributed by atoms with Crippen molar-refractivity contribution in [3.63, 3.8) is 0 Å². The van der Waals surface area contributed by atoms with Crippen molar-refractivity contribution < 1.29 is 9.59 Å². The van der Waals surface area contributed by atoms with Gasteiger partial charge in [0.2, 0.25) is 5.91 Å². The number of nitrogens with one attached hydrogen (secondary N) is 1. The summed E-state index contributed by atoms with van der Waals surface area (Å²) in [4.78, 5) is 27.3. The molecule has 1 aliphatic rings. The van der Waals surface area contributed by atoms with Crippen LogP contribution in [-0.4, -0.2) is 28.7 Å². The Morgan fingerprint density at radius 1 is 0.868 bits per heavy atom. The largest absolute Gasteiger partial charge is 0.322 e. The first-order valence-electron chi connectivity index (χ1n) is 12.5. The second kappa shape index (κ2) is 10.5. The Balaban J connectivity index is 1.18. The van der Waals surface area contributed by atoms with Crippen LogP contribution in [0.25, 0.3) is 21.5 Å². The number of carbonyl (C=O) groups excluding carboxylic acids is 2. The van der Waals surface area contributed by atoms with E-state index in [-0.39, 0.29) is 17.2 Å². The predicted octanol–water partition coefficient (Wildman–Crippen LogP) is 6.53. The maximum absolute atomic E-state index is 12.9. The van der Waals surface area contributed by atoms with Crippen LogP contribution in [0.4, 0.5) is 0 Å². The highest BCUT2D eigenvalue weighted by atomic mass is 32.2. The molecule has 0 bridgehead atoms. The summed E-state index contributed by atoms with van der Waals surface area (Å²) in [5.74, 6) is 0.298. The Kier molecular flexibility index (Phi) is 6.63. The van der Waals surface area contributed by atoms with Crippen molar-refractivity contribution in [1.82, 2.24) is 10.3 Å². The summed E-state index contributed by atoms with van der Waals surface area (Å²) in [6.45, 7) is 0.567. The third kappa shape index (κ3) is 4.78. The Hall–Kier alpha value is -4.42. The number of hydrazone groups is 1. The lowest BCUT2D eigenvalue weighted by molar-refractivity contribution is -0.128. The molecule has 0 saturated carbocycles. The first-order chi connectivity index (χ1) is 18.7. The van der Waals surface area contributed by atoms with E-state index in [1.54, 1.807) is 30.1 Å². The van der Waals surface area contributed by atoms with E-state index in [2.05, 4.69) is 40.9 Å². The van der Waals surface area contributed by atoms with Crippen molar-refractivity contribution in [2.24, 2.45) is 5.10 Å². The van der Waals surface area contributed by atoms with Crippen LogP contribution >= 0.6 is 11.8 Å². The Labute approximate surface area is 225 Å². The average Bonchev–Trinajstić information content (AvgIpc) is 3.32. The summed E-state index contributed by atoms with van der Waals surface area (Å²) in [6, 6.07) is 35.9. The summed E-state index contributed by atoms with van der Waals surface area (Å²) >= 11 is 1.61. The highest BCUT2D eigenvalue weighted by Crippen LogP contribution is 2.39. The van der Waals surface area contributed by atoms with Gasteiger partial charge in [0.05, 0.1) is 12.0 Å². The molecule has 5 nitrogen and oxygen atoms in total. The van der Waals surface area contributed by atoms with E-state index in [9.17, 15) is 9.59 Å². The fourth-order valence-electron chi connectivity index (χ4n) is 4.89. The minimum atomic E-state index is -0.284. The van der Waals surface area contributed by atoms with Gasteiger partial charge in [0.25, 0.3) is 5.91 Å². The molecule has 0 spiro atoms. The van der Waals surface area contributed by atoms with Gasteiger partial charge >= 0.3 is 0 Å². The van der Waals surface area contributed by atoms with E-state index < -0.39 is 0 Å². The van der Waals surface area contributed by atoms with Crippen LogP contribution in [0.1, 0.15) is 32.4 Å². The Morgan fingerprint density at radius 2 is 1.50 bits per heavy atom. The number of amides is 2. The Morgan fingerprint density at radius 3 is 2.18 bits per heavy atom. The van der Waals surface area contributed by atoms with Crippen molar-refractivity contribution in [2.45, 2.75) is 11.9 Å². The highest BCUT2D eigenvalue weighted by Gasteiger charge is 2.32. The summed E-state index contributed by atoms with van der Waals surface area (Å²) in [5.41, 5.74) is 6.25. The van der Waals surface area contributed by atoms with Crippen LogP contribution in [-0.2, 0) is 11.3 Å². The standard InChI is InChI=1S/C32H25N3O2S/c36-30-21-38-32(35(30)20-22-8-2-1-3-9-22)24-16-14-23(15-17-24)31(37)34-33-19-29-27-12-6-4-10-25(27)18-26-11-5-7-13-28(26)29/h1-19,32H,20-21H2,(H,34,37)/b33-19+. The van der Waals surface area contributed by atoms with Gasteiger partial charge in [-0.05, 0) is 50.9 Å². The zero-order chi connectivity index (χ0) is 25.9. The van der Waals surface area contributed by atoms with Crippen molar-refractivity contribution in [3.05, 3.63) is 131 Å². The predicted molar refractivity (Wildman–Crippen MR) is 155 cm³/mol. The first kappa shape index (κ1) is 23.9. The fourth-order valence-corrected chi connectivity index (χ4v) is 6.08. The molecule has 1 saturated heterocycles. The molecule has 1 heterocycles. The van der Waals surface area contributed by atoms with Crippen LogP contribution in [0.2, 0.25) is 0 Å². The van der Waals surface area contributed by atoms with Gasteiger partial charge in [-0.1, -0.05) is 91.0 Å². The highest BCUT2D eigenvalue weighted by molar-refractivity contribution is 8.00. The third-order valence-corrected chi connectivity index (χ3v) is 8.05. The number of thioether (sulfide) groups is 1. The second-order valence-corrected chi connectivity index (χ2v) is 10.3. The van der Waals surface area contributed by atoms with Crippen LogP contribution in [0.5, 0.6) is 0 Å². The van der Waals surface area contributed by atoms with E-state index in [4.69, 9.17) is 0 Å². The van der Waals surface area contributed by atoms with Crippen LogP contribution in [0.3, 0.4) is 0 Å². The van der Waals surface area contributed by atoms with E-state index >= 15 is 0 Å². The normalized spacial score (nSPS) is 15.5. The monoisotopic (exact) mass is 515 g/mol. The quantitative estimate of drug-likeness (QED) is 0.159.